The number of morpholine rings is 1. The van der Waals surface area contributed by atoms with Crippen LogP contribution in [0.15, 0.2) is 41.1 Å². The summed E-state index contributed by atoms with van der Waals surface area (Å²) < 4.78 is 10.2. The molecular weight excluding hydrogens is 298 g/mol. The van der Waals surface area contributed by atoms with Gasteiger partial charge in [-0.25, -0.2) is 0 Å². The van der Waals surface area contributed by atoms with E-state index in [1.54, 1.807) is 11.9 Å². The molecule has 1 aromatic heterocycles. The fraction of sp³-hybridized carbons (Fsp3) is 0.312. The van der Waals surface area contributed by atoms with E-state index < -0.39 is 12.1 Å². The monoisotopic (exact) mass is 315 g/mol. The Bertz CT molecular complexity index is 697. The summed E-state index contributed by atoms with van der Waals surface area (Å²) >= 11 is 0. The molecule has 2 amide bonds. The van der Waals surface area contributed by atoms with Gasteiger partial charge in [0.05, 0.1) is 6.04 Å². The predicted molar refractivity (Wildman–Crippen MR) is 81.6 cm³/mol. The van der Waals surface area contributed by atoms with Crippen LogP contribution in [0.1, 0.15) is 17.2 Å². The molecule has 0 saturated carbocycles. The lowest BCUT2D eigenvalue weighted by molar-refractivity contribution is -0.160. The minimum Gasteiger partial charge on any atom is -0.363 e. The second-order valence-electron chi connectivity index (χ2n) is 5.47. The highest BCUT2D eigenvalue weighted by Crippen LogP contribution is 2.30. The number of nitrogens with zero attached hydrogens (tertiary/aromatic N) is 2. The first-order chi connectivity index (χ1) is 11.1. The molecule has 1 aliphatic heterocycles. The van der Waals surface area contributed by atoms with Gasteiger partial charge >= 0.3 is 0 Å². The SMILES string of the molecule is Cc1ccc([C@@H]2[C@H](C(=O)Nc3ccon3)OCC(=O)N2C)cc1. The van der Waals surface area contributed by atoms with Crippen molar-refractivity contribution in [3.8, 4) is 0 Å². The number of benzene rings is 1. The Labute approximate surface area is 133 Å². The number of hydrogen-bond acceptors (Lipinski definition) is 5. The largest absolute Gasteiger partial charge is 0.363 e. The van der Waals surface area contributed by atoms with Crippen LogP contribution < -0.4 is 5.32 Å². The van der Waals surface area contributed by atoms with Crippen molar-refractivity contribution in [3.05, 3.63) is 47.7 Å². The maximum Gasteiger partial charge on any atom is 0.257 e. The van der Waals surface area contributed by atoms with E-state index in [2.05, 4.69) is 10.5 Å². The van der Waals surface area contributed by atoms with E-state index in [1.807, 2.05) is 31.2 Å². The van der Waals surface area contributed by atoms with Crippen LogP contribution in [0.4, 0.5) is 5.82 Å². The summed E-state index contributed by atoms with van der Waals surface area (Å²) in [6, 6.07) is 8.72. The number of carbonyl (C=O) groups excluding carboxylic acids is 2. The molecule has 2 heterocycles. The Morgan fingerprint density at radius 3 is 2.70 bits per heavy atom. The number of rotatable bonds is 3. The molecule has 0 radical (unpaired) electrons. The number of likely N-dealkylation sites (N-methyl/N-ethyl adjacent to an activating group) is 1. The Morgan fingerprint density at radius 1 is 1.30 bits per heavy atom. The first-order valence-corrected chi connectivity index (χ1v) is 7.21. The number of carbonyl (C=O) groups is 2. The summed E-state index contributed by atoms with van der Waals surface area (Å²) in [5.41, 5.74) is 1.94. The van der Waals surface area contributed by atoms with Gasteiger partial charge in [0, 0.05) is 13.1 Å². The van der Waals surface area contributed by atoms with Crippen LogP contribution in [0.3, 0.4) is 0 Å². The predicted octanol–water partition coefficient (Wildman–Crippen LogP) is 1.52. The van der Waals surface area contributed by atoms with Crippen molar-refractivity contribution in [2.45, 2.75) is 19.1 Å². The van der Waals surface area contributed by atoms with Gasteiger partial charge < -0.3 is 19.5 Å². The van der Waals surface area contributed by atoms with E-state index in [-0.39, 0.29) is 18.4 Å². The van der Waals surface area contributed by atoms with Crippen LogP contribution in [-0.2, 0) is 14.3 Å². The Kier molecular flexibility index (Phi) is 4.12. The van der Waals surface area contributed by atoms with Gasteiger partial charge in [-0.05, 0) is 12.5 Å². The molecule has 1 aliphatic rings. The lowest BCUT2D eigenvalue weighted by Gasteiger charge is -2.38. The smallest absolute Gasteiger partial charge is 0.257 e. The molecule has 23 heavy (non-hydrogen) atoms. The number of ether oxygens (including phenoxy) is 1. The number of nitrogens with one attached hydrogen (secondary N) is 1. The number of amides is 2. The Hall–Kier alpha value is -2.67. The average Bonchev–Trinajstić information content (AvgIpc) is 3.04. The Morgan fingerprint density at radius 2 is 2.04 bits per heavy atom. The van der Waals surface area contributed by atoms with Gasteiger partial charge in [0.15, 0.2) is 11.9 Å². The summed E-state index contributed by atoms with van der Waals surface area (Å²) in [5, 5.41) is 6.28. The van der Waals surface area contributed by atoms with Gasteiger partial charge in [-0.2, -0.15) is 0 Å². The zero-order valence-corrected chi connectivity index (χ0v) is 12.9. The molecule has 1 saturated heterocycles. The second kappa shape index (κ2) is 6.21. The van der Waals surface area contributed by atoms with Gasteiger partial charge in [0.25, 0.3) is 5.91 Å². The summed E-state index contributed by atoms with van der Waals surface area (Å²) in [5.74, 6) is -0.231. The molecule has 0 bridgehead atoms. The van der Waals surface area contributed by atoms with Crippen molar-refractivity contribution in [1.82, 2.24) is 10.1 Å². The number of hydrogen-bond donors (Lipinski definition) is 1. The zero-order chi connectivity index (χ0) is 16.4. The normalized spacial score (nSPS) is 21.3. The lowest BCUT2D eigenvalue weighted by Crippen LogP contribution is -2.51. The van der Waals surface area contributed by atoms with Gasteiger partial charge in [-0.15, -0.1) is 0 Å². The molecule has 7 heteroatoms. The van der Waals surface area contributed by atoms with Gasteiger partial charge in [0.1, 0.15) is 12.9 Å². The van der Waals surface area contributed by atoms with Gasteiger partial charge in [-0.1, -0.05) is 35.0 Å². The van der Waals surface area contributed by atoms with Crippen LogP contribution in [0.25, 0.3) is 0 Å². The highest BCUT2D eigenvalue weighted by Gasteiger charge is 2.40. The number of anilines is 1. The maximum atomic E-state index is 12.5. The van der Waals surface area contributed by atoms with E-state index in [0.29, 0.717) is 5.82 Å². The van der Waals surface area contributed by atoms with Crippen LogP contribution in [-0.4, -0.2) is 41.6 Å². The van der Waals surface area contributed by atoms with E-state index in [9.17, 15) is 9.59 Å². The third kappa shape index (κ3) is 3.09. The molecule has 1 fully saturated rings. The van der Waals surface area contributed by atoms with Crippen molar-refractivity contribution in [1.29, 1.82) is 0 Å². The molecule has 1 aromatic carbocycles. The molecule has 120 valence electrons. The topological polar surface area (TPSA) is 84.7 Å². The second-order valence-corrected chi connectivity index (χ2v) is 5.47. The van der Waals surface area contributed by atoms with E-state index in [0.717, 1.165) is 11.1 Å². The van der Waals surface area contributed by atoms with Crippen molar-refractivity contribution in [3.63, 3.8) is 0 Å². The molecule has 1 N–H and O–H groups in total. The van der Waals surface area contributed by atoms with Crippen molar-refractivity contribution in [2.24, 2.45) is 0 Å². The van der Waals surface area contributed by atoms with Crippen molar-refractivity contribution >= 4 is 17.6 Å². The molecule has 0 unspecified atom stereocenters. The summed E-state index contributed by atoms with van der Waals surface area (Å²) in [7, 11) is 1.67. The molecule has 2 atom stereocenters. The standard InChI is InChI=1S/C16H17N3O4/c1-10-3-5-11(6-4-10)14-15(22-9-13(20)19(14)2)16(21)17-12-7-8-23-18-12/h3-8,14-15H,9H2,1-2H3,(H,17,18,21)/t14-,15-/m1/s1. The third-order valence-corrected chi connectivity index (χ3v) is 3.85. The Balaban J connectivity index is 1.88. The molecule has 0 spiro atoms. The highest BCUT2D eigenvalue weighted by molar-refractivity contribution is 5.95. The molecular formula is C16H17N3O4. The summed E-state index contributed by atoms with van der Waals surface area (Å²) in [4.78, 5) is 26.0. The maximum absolute atomic E-state index is 12.5. The first-order valence-electron chi connectivity index (χ1n) is 7.21. The number of aryl methyl sites for hydroxylation is 1. The van der Waals surface area contributed by atoms with Gasteiger partial charge in [-0.3, -0.25) is 9.59 Å². The molecule has 7 nitrogen and oxygen atoms in total. The van der Waals surface area contributed by atoms with Crippen molar-refractivity contribution in [2.75, 3.05) is 19.0 Å². The summed E-state index contributed by atoms with van der Waals surface area (Å²) in [6.07, 6.45) is 0.543. The molecule has 3 rings (SSSR count). The fourth-order valence-electron chi connectivity index (χ4n) is 2.57. The average molecular weight is 315 g/mol. The fourth-order valence-corrected chi connectivity index (χ4v) is 2.57. The van der Waals surface area contributed by atoms with E-state index in [1.165, 1.54) is 12.3 Å². The minimum atomic E-state index is -0.822. The summed E-state index contributed by atoms with van der Waals surface area (Å²) in [6.45, 7) is 1.85. The number of aromatic nitrogens is 1. The van der Waals surface area contributed by atoms with Crippen molar-refractivity contribution < 1.29 is 18.8 Å². The van der Waals surface area contributed by atoms with Crippen LogP contribution >= 0.6 is 0 Å². The molecule has 2 aromatic rings. The van der Waals surface area contributed by atoms with Crippen LogP contribution in [0.5, 0.6) is 0 Å². The zero-order valence-electron chi connectivity index (χ0n) is 12.9. The first kappa shape index (κ1) is 15.2. The minimum absolute atomic E-state index is 0.129. The van der Waals surface area contributed by atoms with E-state index >= 15 is 0 Å². The highest BCUT2D eigenvalue weighted by atomic mass is 16.5. The molecule has 0 aliphatic carbocycles. The lowest BCUT2D eigenvalue weighted by atomic mass is 9.97. The quantitative estimate of drug-likeness (QED) is 0.928. The van der Waals surface area contributed by atoms with Crippen LogP contribution in [0.2, 0.25) is 0 Å². The van der Waals surface area contributed by atoms with E-state index in [4.69, 9.17) is 9.26 Å². The van der Waals surface area contributed by atoms with Crippen LogP contribution in [0, 0.1) is 6.92 Å². The van der Waals surface area contributed by atoms with Gasteiger partial charge in [0.2, 0.25) is 5.91 Å². The third-order valence-electron chi connectivity index (χ3n) is 3.85.